The molecule has 0 radical (unpaired) electrons. The maximum atomic E-state index is 13.4. The molecule has 0 saturated carbocycles. The van der Waals surface area contributed by atoms with Crippen LogP contribution >= 0.6 is 0 Å². The summed E-state index contributed by atoms with van der Waals surface area (Å²) in [6.07, 6.45) is -4.45. The molecule has 2 aromatic rings. The average Bonchev–Trinajstić information content (AvgIpc) is 2.74. The second-order valence-electron chi connectivity index (χ2n) is 7.44. The Morgan fingerprint density at radius 2 is 1.50 bits per heavy atom. The van der Waals surface area contributed by atoms with Gasteiger partial charge in [0.05, 0.1) is 30.2 Å². The summed E-state index contributed by atoms with van der Waals surface area (Å²) in [5.41, 5.74) is 0.413. The highest BCUT2D eigenvalue weighted by molar-refractivity contribution is 6.18. The lowest BCUT2D eigenvalue weighted by Gasteiger charge is -2.36. The standard InChI is InChI=1S/C22H21F3N2O3/c23-22(24,25)17-6-7-18(26-8-10-30-11-9-26)19(14-17)27-20(28)12-16(13-21(27)29)15-4-2-1-3-5-15/h1-7,14,16H,8-13H2. The summed E-state index contributed by atoms with van der Waals surface area (Å²) in [6, 6.07) is 12.4. The first-order chi connectivity index (χ1) is 14.3. The van der Waals surface area contributed by atoms with Gasteiger partial charge in [-0.15, -0.1) is 0 Å². The Balaban J connectivity index is 1.70. The van der Waals surface area contributed by atoms with Crippen molar-refractivity contribution in [3.05, 3.63) is 59.7 Å². The first-order valence-corrected chi connectivity index (χ1v) is 9.79. The molecule has 0 atom stereocenters. The van der Waals surface area contributed by atoms with Gasteiger partial charge in [0, 0.05) is 31.8 Å². The number of anilines is 2. The number of hydrogen-bond acceptors (Lipinski definition) is 4. The molecule has 5 nitrogen and oxygen atoms in total. The van der Waals surface area contributed by atoms with Gasteiger partial charge in [-0.2, -0.15) is 13.2 Å². The Bertz CT molecular complexity index is 922. The SMILES string of the molecule is O=C1CC(c2ccccc2)CC(=O)N1c1cc(C(F)(F)F)ccc1N1CCOCC1. The summed E-state index contributed by atoms with van der Waals surface area (Å²) < 4.78 is 45.4. The largest absolute Gasteiger partial charge is 0.416 e. The monoisotopic (exact) mass is 418 g/mol. The van der Waals surface area contributed by atoms with E-state index in [1.54, 1.807) is 0 Å². The summed E-state index contributed by atoms with van der Waals surface area (Å²) in [4.78, 5) is 28.7. The number of imide groups is 1. The third-order valence-electron chi connectivity index (χ3n) is 5.51. The Morgan fingerprint density at radius 1 is 0.867 bits per heavy atom. The van der Waals surface area contributed by atoms with Gasteiger partial charge in [-0.25, -0.2) is 4.90 Å². The Kier molecular flexibility index (Phi) is 5.51. The molecule has 4 rings (SSSR count). The molecule has 0 unspecified atom stereocenters. The van der Waals surface area contributed by atoms with E-state index in [1.807, 2.05) is 35.2 Å². The van der Waals surface area contributed by atoms with Crippen LogP contribution in [0.5, 0.6) is 0 Å². The molecule has 0 aromatic heterocycles. The lowest BCUT2D eigenvalue weighted by atomic mass is 9.88. The van der Waals surface area contributed by atoms with Gasteiger partial charge in [-0.3, -0.25) is 9.59 Å². The molecule has 2 saturated heterocycles. The normalized spacial score (nSPS) is 18.8. The smallest absolute Gasteiger partial charge is 0.378 e. The first-order valence-electron chi connectivity index (χ1n) is 9.79. The second-order valence-corrected chi connectivity index (χ2v) is 7.44. The molecule has 30 heavy (non-hydrogen) atoms. The van der Waals surface area contributed by atoms with E-state index < -0.39 is 23.6 Å². The predicted octanol–water partition coefficient (Wildman–Crippen LogP) is 3.98. The number of halogens is 3. The summed E-state index contributed by atoms with van der Waals surface area (Å²) in [5, 5.41) is 0. The molecular weight excluding hydrogens is 397 g/mol. The number of piperidine rings is 1. The molecule has 0 aliphatic carbocycles. The van der Waals surface area contributed by atoms with Gasteiger partial charge < -0.3 is 9.64 Å². The topological polar surface area (TPSA) is 49.9 Å². The van der Waals surface area contributed by atoms with Crippen molar-refractivity contribution in [1.82, 2.24) is 0 Å². The van der Waals surface area contributed by atoms with Crippen molar-refractivity contribution >= 4 is 23.2 Å². The Hall–Kier alpha value is -2.87. The van der Waals surface area contributed by atoms with Crippen molar-refractivity contribution in [3.63, 3.8) is 0 Å². The van der Waals surface area contributed by atoms with Crippen molar-refractivity contribution in [2.45, 2.75) is 24.9 Å². The maximum Gasteiger partial charge on any atom is 0.416 e. The lowest BCUT2D eigenvalue weighted by molar-refractivity contribution is -0.138. The number of nitrogens with zero attached hydrogens (tertiary/aromatic N) is 2. The first kappa shape index (κ1) is 20.4. The van der Waals surface area contributed by atoms with Gasteiger partial charge >= 0.3 is 6.18 Å². The molecule has 2 amide bonds. The fourth-order valence-corrected chi connectivity index (χ4v) is 4.00. The van der Waals surface area contributed by atoms with Crippen LogP contribution < -0.4 is 9.80 Å². The van der Waals surface area contributed by atoms with Crippen LogP contribution in [0.2, 0.25) is 0 Å². The fourth-order valence-electron chi connectivity index (χ4n) is 4.00. The number of alkyl halides is 3. The maximum absolute atomic E-state index is 13.4. The number of ether oxygens (including phenoxy) is 1. The van der Waals surface area contributed by atoms with Crippen molar-refractivity contribution in [2.24, 2.45) is 0 Å². The minimum atomic E-state index is -4.58. The number of benzene rings is 2. The van der Waals surface area contributed by atoms with E-state index in [0.717, 1.165) is 22.6 Å². The average molecular weight is 418 g/mol. The number of carbonyl (C=O) groups excluding carboxylic acids is 2. The zero-order valence-electron chi connectivity index (χ0n) is 16.2. The number of rotatable bonds is 3. The highest BCUT2D eigenvalue weighted by Crippen LogP contribution is 2.40. The van der Waals surface area contributed by atoms with E-state index in [1.165, 1.54) is 6.07 Å². The molecule has 2 aliphatic rings. The van der Waals surface area contributed by atoms with Crippen LogP contribution in [0.25, 0.3) is 0 Å². The van der Waals surface area contributed by atoms with Crippen LogP contribution in [-0.4, -0.2) is 38.1 Å². The molecule has 0 spiro atoms. The van der Waals surface area contributed by atoms with Crippen LogP contribution in [0, 0.1) is 0 Å². The zero-order valence-corrected chi connectivity index (χ0v) is 16.2. The quantitative estimate of drug-likeness (QED) is 0.708. The van der Waals surface area contributed by atoms with E-state index in [4.69, 9.17) is 4.74 Å². The highest BCUT2D eigenvalue weighted by atomic mass is 19.4. The number of morpholine rings is 1. The minimum absolute atomic E-state index is 0.00626. The summed E-state index contributed by atoms with van der Waals surface area (Å²) in [6.45, 7) is 1.80. The van der Waals surface area contributed by atoms with Gasteiger partial charge in [0.25, 0.3) is 0 Å². The van der Waals surface area contributed by atoms with Gasteiger partial charge in [-0.05, 0) is 23.8 Å². The van der Waals surface area contributed by atoms with Crippen LogP contribution in [0.3, 0.4) is 0 Å². The van der Waals surface area contributed by atoms with E-state index in [2.05, 4.69) is 0 Å². The van der Waals surface area contributed by atoms with Crippen LogP contribution in [0.15, 0.2) is 48.5 Å². The molecule has 2 aromatic carbocycles. The number of hydrogen-bond donors (Lipinski definition) is 0. The Morgan fingerprint density at radius 3 is 2.10 bits per heavy atom. The molecule has 8 heteroatoms. The second kappa shape index (κ2) is 8.10. The highest BCUT2D eigenvalue weighted by Gasteiger charge is 2.38. The molecular formula is C22H21F3N2O3. The van der Waals surface area contributed by atoms with Crippen LogP contribution in [0.4, 0.5) is 24.5 Å². The van der Waals surface area contributed by atoms with E-state index >= 15 is 0 Å². The fraction of sp³-hybridized carbons (Fsp3) is 0.364. The van der Waals surface area contributed by atoms with Crippen molar-refractivity contribution < 1.29 is 27.5 Å². The molecule has 0 N–H and O–H groups in total. The molecule has 2 heterocycles. The van der Waals surface area contributed by atoms with E-state index in [0.29, 0.717) is 32.0 Å². The number of carbonyl (C=O) groups is 2. The van der Waals surface area contributed by atoms with Gasteiger partial charge in [0.1, 0.15) is 0 Å². The number of amides is 2. The van der Waals surface area contributed by atoms with E-state index in [9.17, 15) is 22.8 Å². The third-order valence-corrected chi connectivity index (χ3v) is 5.51. The molecule has 158 valence electrons. The van der Waals surface area contributed by atoms with Gasteiger partial charge in [0.2, 0.25) is 11.8 Å². The van der Waals surface area contributed by atoms with Crippen LogP contribution in [0.1, 0.15) is 29.9 Å². The molecule has 2 fully saturated rings. The summed E-state index contributed by atoms with van der Waals surface area (Å²) >= 11 is 0. The van der Waals surface area contributed by atoms with Gasteiger partial charge in [-0.1, -0.05) is 30.3 Å². The van der Waals surface area contributed by atoms with Crippen molar-refractivity contribution in [2.75, 3.05) is 36.1 Å². The van der Waals surface area contributed by atoms with Crippen molar-refractivity contribution in [1.29, 1.82) is 0 Å². The van der Waals surface area contributed by atoms with Gasteiger partial charge in [0.15, 0.2) is 0 Å². The Labute approximate surface area is 172 Å². The zero-order chi connectivity index (χ0) is 21.3. The third kappa shape index (κ3) is 4.05. The molecule has 2 aliphatic heterocycles. The minimum Gasteiger partial charge on any atom is -0.378 e. The van der Waals surface area contributed by atoms with E-state index in [-0.39, 0.29) is 24.4 Å². The lowest BCUT2D eigenvalue weighted by Crippen LogP contribution is -2.44. The predicted molar refractivity (Wildman–Crippen MR) is 105 cm³/mol. The van der Waals surface area contributed by atoms with Crippen molar-refractivity contribution in [3.8, 4) is 0 Å². The van der Waals surface area contributed by atoms with Crippen LogP contribution in [-0.2, 0) is 20.5 Å². The summed E-state index contributed by atoms with van der Waals surface area (Å²) in [7, 11) is 0. The summed E-state index contributed by atoms with van der Waals surface area (Å²) in [5.74, 6) is -1.26. The molecule has 0 bridgehead atoms.